The van der Waals surface area contributed by atoms with E-state index < -0.39 is 0 Å². The Hall–Kier alpha value is -2.55. The number of nitrogens with two attached hydrogens (primary N) is 1. The molecule has 18 heavy (non-hydrogen) atoms. The van der Waals surface area contributed by atoms with E-state index in [-0.39, 0.29) is 17.6 Å². The van der Waals surface area contributed by atoms with Gasteiger partial charge in [-0.05, 0) is 19.9 Å². The van der Waals surface area contributed by atoms with E-state index in [4.69, 9.17) is 15.7 Å². The standard InChI is InChI=1S/C12H13N5O/c1-8(2)17-7-10(6-16-17)18-12-11(14)9(5-13)3-4-15-12/h3-4,6-8H,14H2,1-2H3. The molecular formula is C12H13N5O. The van der Waals surface area contributed by atoms with E-state index in [2.05, 4.69) is 10.1 Å². The van der Waals surface area contributed by atoms with Crippen LogP contribution >= 0.6 is 0 Å². The average molecular weight is 243 g/mol. The molecule has 0 saturated carbocycles. The van der Waals surface area contributed by atoms with Gasteiger partial charge in [0.15, 0.2) is 5.75 Å². The molecule has 0 fully saturated rings. The smallest absolute Gasteiger partial charge is 0.244 e. The van der Waals surface area contributed by atoms with E-state index in [9.17, 15) is 0 Å². The number of hydrogen-bond donors (Lipinski definition) is 1. The lowest BCUT2D eigenvalue weighted by molar-refractivity contribution is 0.461. The first-order chi connectivity index (χ1) is 8.61. The number of ether oxygens (including phenoxy) is 1. The van der Waals surface area contributed by atoms with Crippen LogP contribution in [0.15, 0.2) is 24.7 Å². The number of hydrogen-bond acceptors (Lipinski definition) is 5. The van der Waals surface area contributed by atoms with Crippen LogP contribution in [0.3, 0.4) is 0 Å². The summed E-state index contributed by atoms with van der Waals surface area (Å²) in [5.41, 5.74) is 6.35. The van der Waals surface area contributed by atoms with Crippen LogP contribution in [-0.2, 0) is 0 Å². The Bertz CT molecular complexity index is 597. The van der Waals surface area contributed by atoms with Gasteiger partial charge in [-0.25, -0.2) is 4.98 Å². The summed E-state index contributed by atoms with van der Waals surface area (Å²) in [6.07, 6.45) is 4.82. The molecule has 2 heterocycles. The maximum Gasteiger partial charge on any atom is 0.244 e. The molecule has 0 atom stereocenters. The minimum atomic E-state index is 0.220. The van der Waals surface area contributed by atoms with Crippen LogP contribution in [0.25, 0.3) is 0 Å². The van der Waals surface area contributed by atoms with E-state index in [0.717, 1.165) is 0 Å². The van der Waals surface area contributed by atoms with Gasteiger partial charge in [0.05, 0.1) is 18.0 Å². The van der Waals surface area contributed by atoms with Crippen LogP contribution in [0, 0.1) is 11.3 Å². The van der Waals surface area contributed by atoms with Crippen molar-refractivity contribution >= 4 is 5.69 Å². The third kappa shape index (κ3) is 2.25. The fraction of sp³-hybridized carbons (Fsp3) is 0.250. The Morgan fingerprint density at radius 3 is 2.89 bits per heavy atom. The van der Waals surface area contributed by atoms with Gasteiger partial charge in [0.25, 0.3) is 0 Å². The van der Waals surface area contributed by atoms with Gasteiger partial charge in [0.1, 0.15) is 11.8 Å². The number of nitrogen functional groups attached to an aromatic ring is 1. The summed E-state index contributed by atoms with van der Waals surface area (Å²) >= 11 is 0. The van der Waals surface area contributed by atoms with E-state index in [1.807, 2.05) is 19.9 Å². The Labute approximate surface area is 105 Å². The highest BCUT2D eigenvalue weighted by molar-refractivity contribution is 5.60. The summed E-state index contributed by atoms with van der Waals surface area (Å²) in [6, 6.07) is 3.77. The molecule has 0 amide bonds. The van der Waals surface area contributed by atoms with E-state index in [0.29, 0.717) is 11.3 Å². The second kappa shape index (κ2) is 4.75. The Morgan fingerprint density at radius 2 is 2.28 bits per heavy atom. The second-order valence-electron chi connectivity index (χ2n) is 4.04. The van der Waals surface area contributed by atoms with Gasteiger partial charge in [-0.2, -0.15) is 10.4 Å². The van der Waals surface area contributed by atoms with Crippen molar-refractivity contribution in [2.75, 3.05) is 5.73 Å². The van der Waals surface area contributed by atoms with Gasteiger partial charge >= 0.3 is 0 Å². The van der Waals surface area contributed by atoms with Crippen molar-refractivity contribution in [1.82, 2.24) is 14.8 Å². The summed E-state index contributed by atoms with van der Waals surface area (Å²) in [7, 11) is 0. The number of anilines is 1. The highest BCUT2D eigenvalue weighted by atomic mass is 16.5. The first kappa shape index (κ1) is 11.9. The van der Waals surface area contributed by atoms with Gasteiger partial charge in [-0.3, -0.25) is 4.68 Å². The molecule has 2 rings (SSSR count). The van der Waals surface area contributed by atoms with Crippen LogP contribution in [0.5, 0.6) is 11.6 Å². The molecule has 0 spiro atoms. The molecule has 0 aliphatic rings. The number of rotatable bonds is 3. The molecule has 0 unspecified atom stereocenters. The normalized spacial score (nSPS) is 10.3. The molecule has 2 aromatic heterocycles. The zero-order valence-corrected chi connectivity index (χ0v) is 10.2. The fourth-order valence-electron chi connectivity index (χ4n) is 1.40. The van der Waals surface area contributed by atoms with Gasteiger partial charge in [0, 0.05) is 12.2 Å². The third-order valence-electron chi connectivity index (χ3n) is 2.40. The molecule has 2 N–H and O–H groups in total. The zero-order chi connectivity index (χ0) is 13.1. The molecule has 0 aliphatic heterocycles. The predicted octanol–water partition coefficient (Wildman–Crippen LogP) is 2.11. The van der Waals surface area contributed by atoms with Crippen molar-refractivity contribution in [2.24, 2.45) is 0 Å². The largest absolute Gasteiger partial charge is 0.434 e. The summed E-state index contributed by atoms with van der Waals surface area (Å²) in [4.78, 5) is 4.00. The van der Waals surface area contributed by atoms with Gasteiger partial charge in [0.2, 0.25) is 5.88 Å². The number of nitrogens with zero attached hydrogens (tertiary/aromatic N) is 4. The number of pyridine rings is 1. The molecule has 0 saturated heterocycles. The van der Waals surface area contributed by atoms with Crippen LogP contribution < -0.4 is 10.5 Å². The fourth-order valence-corrected chi connectivity index (χ4v) is 1.40. The highest BCUT2D eigenvalue weighted by Crippen LogP contribution is 2.27. The lowest BCUT2D eigenvalue weighted by atomic mass is 10.2. The Balaban J connectivity index is 2.26. The topological polar surface area (TPSA) is 89.8 Å². The van der Waals surface area contributed by atoms with Crippen molar-refractivity contribution in [1.29, 1.82) is 5.26 Å². The monoisotopic (exact) mass is 243 g/mol. The molecular weight excluding hydrogens is 230 g/mol. The van der Waals surface area contributed by atoms with Gasteiger partial charge < -0.3 is 10.5 Å². The van der Waals surface area contributed by atoms with Crippen LogP contribution in [0.4, 0.5) is 5.69 Å². The maximum atomic E-state index is 8.86. The minimum Gasteiger partial charge on any atom is -0.434 e. The molecule has 0 radical (unpaired) electrons. The zero-order valence-electron chi connectivity index (χ0n) is 10.2. The number of nitriles is 1. The second-order valence-corrected chi connectivity index (χ2v) is 4.04. The average Bonchev–Trinajstić information content (AvgIpc) is 2.80. The van der Waals surface area contributed by atoms with Crippen molar-refractivity contribution in [3.05, 3.63) is 30.2 Å². The third-order valence-corrected chi connectivity index (χ3v) is 2.40. The van der Waals surface area contributed by atoms with Crippen molar-refractivity contribution < 1.29 is 4.74 Å². The number of aromatic nitrogens is 3. The predicted molar refractivity (Wildman–Crippen MR) is 66.1 cm³/mol. The Morgan fingerprint density at radius 1 is 1.50 bits per heavy atom. The first-order valence-corrected chi connectivity index (χ1v) is 5.48. The van der Waals surface area contributed by atoms with Crippen LogP contribution in [0.1, 0.15) is 25.5 Å². The van der Waals surface area contributed by atoms with E-state index in [1.165, 1.54) is 6.20 Å². The van der Waals surface area contributed by atoms with Gasteiger partial charge in [-0.15, -0.1) is 0 Å². The van der Waals surface area contributed by atoms with Crippen LogP contribution in [0.2, 0.25) is 0 Å². The first-order valence-electron chi connectivity index (χ1n) is 5.48. The lowest BCUT2D eigenvalue weighted by Gasteiger charge is -2.06. The summed E-state index contributed by atoms with van der Waals surface area (Å²) in [6.45, 7) is 4.03. The van der Waals surface area contributed by atoms with E-state index >= 15 is 0 Å². The molecule has 0 aromatic carbocycles. The SMILES string of the molecule is CC(C)n1cc(Oc2nccc(C#N)c2N)cn1. The molecule has 0 aliphatic carbocycles. The van der Waals surface area contributed by atoms with Gasteiger partial charge in [-0.1, -0.05) is 0 Å². The molecule has 6 heteroatoms. The van der Waals surface area contributed by atoms with Crippen LogP contribution in [-0.4, -0.2) is 14.8 Å². The van der Waals surface area contributed by atoms with Crippen molar-refractivity contribution in [3.63, 3.8) is 0 Å². The molecule has 6 nitrogen and oxygen atoms in total. The lowest BCUT2D eigenvalue weighted by Crippen LogP contribution is -2.00. The summed E-state index contributed by atoms with van der Waals surface area (Å²) in [5, 5.41) is 13.0. The Kier molecular flexibility index (Phi) is 3.15. The molecule has 92 valence electrons. The minimum absolute atomic E-state index is 0.220. The van der Waals surface area contributed by atoms with E-state index in [1.54, 1.807) is 23.1 Å². The highest BCUT2D eigenvalue weighted by Gasteiger charge is 2.10. The quantitative estimate of drug-likeness (QED) is 0.891. The van der Waals surface area contributed by atoms with Crippen molar-refractivity contribution in [2.45, 2.75) is 19.9 Å². The van der Waals surface area contributed by atoms with Crippen molar-refractivity contribution in [3.8, 4) is 17.7 Å². The molecule has 0 bridgehead atoms. The summed E-state index contributed by atoms with van der Waals surface area (Å²) in [5.74, 6) is 0.760. The molecule has 2 aromatic rings. The summed E-state index contributed by atoms with van der Waals surface area (Å²) < 4.78 is 7.28. The maximum absolute atomic E-state index is 8.86.